The SMILES string of the molecule is O=C(Cl)Oc1ccccc1C1CCCCC1. The van der Waals surface area contributed by atoms with E-state index >= 15 is 0 Å². The molecular weight excluding hydrogens is 224 g/mol. The number of benzene rings is 1. The molecule has 1 aromatic carbocycles. The van der Waals surface area contributed by atoms with E-state index in [0.29, 0.717) is 11.7 Å². The predicted octanol–water partition coefficient (Wildman–Crippen LogP) is 4.47. The van der Waals surface area contributed by atoms with Gasteiger partial charge in [-0.15, -0.1) is 0 Å². The van der Waals surface area contributed by atoms with Crippen LogP contribution < -0.4 is 4.74 Å². The first-order valence-electron chi connectivity index (χ1n) is 5.73. The van der Waals surface area contributed by atoms with Crippen molar-refractivity contribution in [3.8, 4) is 5.75 Å². The van der Waals surface area contributed by atoms with Gasteiger partial charge in [0.05, 0.1) is 0 Å². The zero-order valence-corrected chi connectivity index (χ0v) is 9.87. The van der Waals surface area contributed by atoms with Crippen LogP contribution in [0.25, 0.3) is 0 Å². The van der Waals surface area contributed by atoms with Crippen LogP contribution in [0.1, 0.15) is 43.6 Å². The lowest BCUT2D eigenvalue weighted by atomic mass is 9.84. The molecule has 0 atom stereocenters. The molecular formula is C13H15ClO2. The zero-order valence-electron chi connectivity index (χ0n) is 9.12. The third kappa shape index (κ3) is 2.76. The van der Waals surface area contributed by atoms with Crippen molar-refractivity contribution in [3.63, 3.8) is 0 Å². The van der Waals surface area contributed by atoms with Crippen molar-refractivity contribution in [2.24, 2.45) is 0 Å². The minimum Gasteiger partial charge on any atom is -0.414 e. The normalized spacial score (nSPS) is 17.1. The first-order valence-corrected chi connectivity index (χ1v) is 6.11. The Morgan fingerprint density at radius 3 is 2.56 bits per heavy atom. The summed E-state index contributed by atoms with van der Waals surface area (Å²) in [5.41, 5.74) is 0.361. The summed E-state index contributed by atoms with van der Waals surface area (Å²) in [6.07, 6.45) is 6.18. The van der Waals surface area contributed by atoms with Gasteiger partial charge in [0.15, 0.2) is 0 Å². The summed E-state index contributed by atoms with van der Waals surface area (Å²) in [5, 5.41) is 0. The van der Waals surface area contributed by atoms with Crippen LogP contribution in [-0.4, -0.2) is 5.43 Å². The highest BCUT2D eigenvalue weighted by Gasteiger charge is 2.19. The molecule has 1 aliphatic rings. The molecule has 0 heterocycles. The largest absolute Gasteiger partial charge is 0.414 e. The van der Waals surface area contributed by atoms with Crippen molar-refractivity contribution in [2.45, 2.75) is 38.0 Å². The van der Waals surface area contributed by atoms with Crippen LogP contribution in [0.4, 0.5) is 4.79 Å². The molecule has 0 amide bonds. The van der Waals surface area contributed by atoms with Crippen LogP contribution in [0.3, 0.4) is 0 Å². The van der Waals surface area contributed by atoms with Crippen LogP contribution in [0.5, 0.6) is 5.75 Å². The van der Waals surface area contributed by atoms with E-state index in [-0.39, 0.29) is 0 Å². The Hall–Kier alpha value is -1.02. The van der Waals surface area contributed by atoms with Crippen LogP contribution in [0.2, 0.25) is 0 Å². The van der Waals surface area contributed by atoms with Gasteiger partial charge in [0.1, 0.15) is 5.75 Å². The Balaban J connectivity index is 2.20. The maximum Gasteiger partial charge on any atom is 0.409 e. The average Bonchev–Trinajstić information content (AvgIpc) is 2.30. The first kappa shape index (κ1) is 11.5. The second-order valence-corrected chi connectivity index (χ2v) is 4.52. The molecule has 0 aliphatic heterocycles. The van der Waals surface area contributed by atoms with Crippen molar-refractivity contribution < 1.29 is 9.53 Å². The van der Waals surface area contributed by atoms with Crippen LogP contribution in [0, 0.1) is 0 Å². The molecule has 1 aliphatic carbocycles. The maximum absolute atomic E-state index is 10.8. The highest BCUT2D eigenvalue weighted by molar-refractivity contribution is 6.61. The van der Waals surface area contributed by atoms with E-state index in [1.165, 1.54) is 32.1 Å². The number of halogens is 1. The monoisotopic (exact) mass is 238 g/mol. The summed E-state index contributed by atoms with van der Waals surface area (Å²) < 4.78 is 5.03. The van der Waals surface area contributed by atoms with Crippen LogP contribution in [-0.2, 0) is 0 Å². The lowest BCUT2D eigenvalue weighted by Gasteiger charge is -2.23. The fraction of sp³-hybridized carbons (Fsp3) is 0.462. The molecule has 3 heteroatoms. The number of para-hydroxylation sites is 1. The molecule has 86 valence electrons. The summed E-state index contributed by atoms with van der Waals surface area (Å²) in [6, 6.07) is 7.69. The molecule has 2 nitrogen and oxygen atoms in total. The van der Waals surface area contributed by atoms with Crippen molar-refractivity contribution >= 4 is 17.0 Å². The molecule has 0 saturated heterocycles. The zero-order chi connectivity index (χ0) is 11.4. The second kappa shape index (κ2) is 5.35. The van der Waals surface area contributed by atoms with Crippen molar-refractivity contribution in [2.75, 3.05) is 0 Å². The summed E-state index contributed by atoms with van der Waals surface area (Å²) >= 11 is 5.26. The third-order valence-corrected chi connectivity index (χ3v) is 3.23. The Morgan fingerprint density at radius 2 is 1.88 bits per heavy atom. The van der Waals surface area contributed by atoms with Crippen molar-refractivity contribution in [1.82, 2.24) is 0 Å². The van der Waals surface area contributed by atoms with Gasteiger partial charge in [0.2, 0.25) is 0 Å². The van der Waals surface area contributed by atoms with Gasteiger partial charge in [-0.2, -0.15) is 0 Å². The van der Waals surface area contributed by atoms with Gasteiger partial charge in [-0.1, -0.05) is 37.5 Å². The number of carbonyl (C=O) groups is 1. The molecule has 0 unspecified atom stereocenters. The lowest BCUT2D eigenvalue weighted by molar-refractivity contribution is 0.224. The molecule has 0 aromatic heterocycles. The molecule has 16 heavy (non-hydrogen) atoms. The molecule has 0 radical (unpaired) electrons. The number of rotatable bonds is 2. The molecule has 1 fully saturated rings. The van der Waals surface area contributed by atoms with E-state index in [1.807, 2.05) is 24.3 Å². The topological polar surface area (TPSA) is 26.3 Å². The third-order valence-electron chi connectivity index (χ3n) is 3.15. The van der Waals surface area contributed by atoms with Gasteiger partial charge >= 0.3 is 5.43 Å². The van der Waals surface area contributed by atoms with Crippen LogP contribution in [0.15, 0.2) is 24.3 Å². The fourth-order valence-corrected chi connectivity index (χ4v) is 2.49. The minimum absolute atomic E-state index is 0.515. The molecule has 2 rings (SSSR count). The fourth-order valence-electron chi connectivity index (χ4n) is 2.41. The summed E-state index contributed by atoms with van der Waals surface area (Å²) in [4.78, 5) is 10.8. The molecule has 0 N–H and O–H groups in total. The van der Waals surface area contributed by atoms with Gasteiger partial charge in [-0.3, -0.25) is 0 Å². The molecule has 0 spiro atoms. The number of hydrogen-bond acceptors (Lipinski definition) is 2. The highest BCUT2D eigenvalue weighted by Crippen LogP contribution is 2.37. The summed E-state index contributed by atoms with van der Waals surface area (Å²) in [6.45, 7) is 0. The van der Waals surface area contributed by atoms with E-state index < -0.39 is 5.43 Å². The Morgan fingerprint density at radius 1 is 1.19 bits per heavy atom. The first-order chi connectivity index (χ1) is 7.77. The standard InChI is InChI=1S/C13H15ClO2/c14-13(15)16-12-9-5-4-8-11(12)10-6-2-1-3-7-10/h4-5,8-10H,1-3,6-7H2. The summed E-state index contributed by atoms with van der Waals surface area (Å²) in [5.74, 6) is 1.13. The Labute approximate surface area is 101 Å². The van der Waals surface area contributed by atoms with E-state index in [2.05, 4.69) is 0 Å². The highest BCUT2D eigenvalue weighted by atomic mass is 35.5. The van der Waals surface area contributed by atoms with Gasteiger partial charge in [-0.05, 0) is 30.4 Å². The molecule has 1 aromatic rings. The van der Waals surface area contributed by atoms with Crippen molar-refractivity contribution in [3.05, 3.63) is 29.8 Å². The molecule has 0 bridgehead atoms. The van der Waals surface area contributed by atoms with E-state index in [1.54, 1.807) is 0 Å². The van der Waals surface area contributed by atoms with Crippen LogP contribution >= 0.6 is 11.6 Å². The minimum atomic E-state index is -0.761. The van der Waals surface area contributed by atoms with Gasteiger partial charge < -0.3 is 4.74 Å². The maximum atomic E-state index is 10.8. The summed E-state index contributed by atoms with van der Waals surface area (Å²) in [7, 11) is 0. The van der Waals surface area contributed by atoms with Gasteiger partial charge in [0, 0.05) is 11.6 Å². The second-order valence-electron chi connectivity index (χ2n) is 4.21. The Bertz CT molecular complexity index is 370. The van der Waals surface area contributed by atoms with E-state index in [0.717, 1.165) is 5.56 Å². The van der Waals surface area contributed by atoms with Gasteiger partial charge in [-0.25, -0.2) is 4.79 Å². The molecule has 1 saturated carbocycles. The number of hydrogen-bond donors (Lipinski definition) is 0. The van der Waals surface area contributed by atoms with Gasteiger partial charge in [0.25, 0.3) is 0 Å². The predicted molar refractivity (Wildman–Crippen MR) is 64.1 cm³/mol. The van der Waals surface area contributed by atoms with Crippen molar-refractivity contribution in [1.29, 1.82) is 0 Å². The number of carbonyl (C=O) groups excluding carboxylic acids is 1. The lowest BCUT2D eigenvalue weighted by Crippen LogP contribution is -2.07. The van der Waals surface area contributed by atoms with E-state index in [4.69, 9.17) is 16.3 Å². The average molecular weight is 239 g/mol. The number of ether oxygens (including phenoxy) is 1. The van der Waals surface area contributed by atoms with E-state index in [9.17, 15) is 4.79 Å². The Kier molecular flexibility index (Phi) is 3.83. The quantitative estimate of drug-likeness (QED) is 0.711. The smallest absolute Gasteiger partial charge is 0.409 e.